The predicted octanol–water partition coefficient (Wildman–Crippen LogP) is 3.30. The van der Waals surface area contributed by atoms with E-state index in [4.69, 9.17) is 0 Å². The molecule has 0 radical (unpaired) electrons. The summed E-state index contributed by atoms with van der Waals surface area (Å²) in [6, 6.07) is 3.85. The summed E-state index contributed by atoms with van der Waals surface area (Å²) in [5.74, 6) is 1.04. The number of nitrogens with zero attached hydrogens (tertiary/aromatic N) is 1. The molecule has 1 aliphatic carbocycles. The van der Waals surface area contributed by atoms with E-state index in [1.807, 2.05) is 19.1 Å². The molecule has 1 aromatic heterocycles. The number of anilines is 1. The zero-order chi connectivity index (χ0) is 12.1. The Bertz CT molecular complexity index is 382. The Balaban J connectivity index is 1.98. The van der Waals surface area contributed by atoms with Crippen LogP contribution in [0.5, 0.6) is 0 Å². The first-order valence-corrected chi connectivity index (χ1v) is 6.50. The molecular formula is C14H20N2O. The summed E-state index contributed by atoms with van der Waals surface area (Å²) in [5, 5.41) is 2.96. The number of nitrogens with one attached hydrogen (secondary N) is 1. The number of hydrogen-bond acceptors (Lipinski definition) is 2. The van der Waals surface area contributed by atoms with Crippen molar-refractivity contribution in [1.29, 1.82) is 0 Å². The van der Waals surface area contributed by atoms with Crippen molar-refractivity contribution in [1.82, 2.24) is 4.98 Å². The van der Waals surface area contributed by atoms with Crippen LogP contribution < -0.4 is 5.32 Å². The summed E-state index contributed by atoms with van der Waals surface area (Å²) in [4.78, 5) is 16.3. The van der Waals surface area contributed by atoms with E-state index in [9.17, 15) is 4.79 Å². The largest absolute Gasteiger partial charge is 0.310 e. The molecule has 0 aliphatic heterocycles. The molecule has 1 heterocycles. The molecule has 0 saturated heterocycles. The van der Waals surface area contributed by atoms with Gasteiger partial charge in [0.15, 0.2) is 0 Å². The molecule has 0 bridgehead atoms. The number of aryl methyl sites for hydroxylation is 1. The lowest BCUT2D eigenvalue weighted by molar-refractivity contribution is -0.120. The maximum Gasteiger partial charge on any atom is 0.228 e. The fourth-order valence-electron chi connectivity index (χ4n) is 2.38. The van der Waals surface area contributed by atoms with Gasteiger partial charge in [-0.3, -0.25) is 4.79 Å². The van der Waals surface area contributed by atoms with Crippen LogP contribution in [-0.2, 0) is 4.79 Å². The second kappa shape index (κ2) is 5.80. The standard InChI is InChI=1S/C14H20N2O/c1-11-7-6-10-15-13(11)16-14(17)12-8-4-2-3-5-9-12/h6-7,10,12H,2-5,8-9H2,1H3,(H,15,16,17). The van der Waals surface area contributed by atoms with Gasteiger partial charge in [-0.05, 0) is 31.4 Å². The highest BCUT2D eigenvalue weighted by Gasteiger charge is 2.20. The first-order valence-electron chi connectivity index (χ1n) is 6.50. The van der Waals surface area contributed by atoms with Crippen molar-refractivity contribution < 1.29 is 4.79 Å². The minimum absolute atomic E-state index is 0.147. The van der Waals surface area contributed by atoms with Crippen molar-refractivity contribution in [3.05, 3.63) is 23.9 Å². The number of hydrogen-bond donors (Lipinski definition) is 1. The van der Waals surface area contributed by atoms with Crippen LogP contribution in [0.4, 0.5) is 5.82 Å². The third kappa shape index (κ3) is 3.29. The SMILES string of the molecule is Cc1cccnc1NC(=O)C1CCCCCC1. The van der Waals surface area contributed by atoms with Crippen LogP contribution in [0.3, 0.4) is 0 Å². The van der Waals surface area contributed by atoms with Gasteiger partial charge in [0, 0.05) is 12.1 Å². The molecule has 1 amide bonds. The summed E-state index contributed by atoms with van der Waals surface area (Å²) in [6.07, 6.45) is 8.67. The first kappa shape index (κ1) is 12.1. The van der Waals surface area contributed by atoms with Crippen molar-refractivity contribution in [3.8, 4) is 0 Å². The Hall–Kier alpha value is -1.38. The molecule has 1 fully saturated rings. The molecule has 3 nitrogen and oxygen atoms in total. The van der Waals surface area contributed by atoms with Crippen molar-refractivity contribution in [2.75, 3.05) is 5.32 Å². The lowest BCUT2D eigenvalue weighted by Gasteiger charge is -2.14. The fourth-order valence-corrected chi connectivity index (χ4v) is 2.38. The van der Waals surface area contributed by atoms with Gasteiger partial charge in [-0.1, -0.05) is 31.7 Å². The highest BCUT2D eigenvalue weighted by atomic mass is 16.1. The van der Waals surface area contributed by atoms with Gasteiger partial charge in [0.2, 0.25) is 5.91 Å². The lowest BCUT2D eigenvalue weighted by Crippen LogP contribution is -2.23. The average molecular weight is 232 g/mol. The van der Waals surface area contributed by atoms with Crippen LogP contribution in [0.25, 0.3) is 0 Å². The van der Waals surface area contributed by atoms with Crippen molar-refractivity contribution >= 4 is 11.7 Å². The summed E-state index contributed by atoms with van der Waals surface area (Å²) in [5.41, 5.74) is 1.02. The van der Waals surface area contributed by atoms with Crippen LogP contribution in [0.2, 0.25) is 0 Å². The van der Waals surface area contributed by atoms with Crippen LogP contribution in [0.1, 0.15) is 44.1 Å². The van der Waals surface area contributed by atoms with E-state index < -0.39 is 0 Å². The maximum absolute atomic E-state index is 12.1. The topological polar surface area (TPSA) is 42.0 Å². The van der Waals surface area contributed by atoms with Gasteiger partial charge in [-0.25, -0.2) is 4.98 Å². The molecule has 1 aliphatic rings. The predicted molar refractivity (Wildman–Crippen MR) is 68.8 cm³/mol. The van der Waals surface area contributed by atoms with E-state index in [0.717, 1.165) is 18.4 Å². The van der Waals surface area contributed by atoms with Gasteiger partial charge < -0.3 is 5.32 Å². The third-order valence-electron chi connectivity index (χ3n) is 3.48. The van der Waals surface area contributed by atoms with Gasteiger partial charge in [0.1, 0.15) is 5.82 Å². The minimum Gasteiger partial charge on any atom is -0.310 e. The highest BCUT2D eigenvalue weighted by molar-refractivity contribution is 5.92. The molecule has 1 saturated carbocycles. The van der Waals surface area contributed by atoms with E-state index in [0.29, 0.717) is 5.82 Å². The minimum atomic E-state index is 0.147. The number of rotatable bonds is 2. The summed E-state index contributed by atoms with van der Waals surface area (Å²) in [7, 11) is 0. The van der Waals surface area contributed by atoms with Crippen molar-refractivity contribution in [2.45, 2.75) is 45.4 Å². The van der Waals surface area contributed by atoms with E-state index in [2.05, 4.69) is 10.3 Å². The Morgan fingerprint density at radius 3 is 2.65 bits per heavy atom. The fraction of sp³-hybridized carbons (Fsp3) is 0.571. The number of amides is 1. The monoisotopic (exact) mass is 232 g/mol. The Labute approximate surface area is 103 Å². The van der Waals surface area contributed by atoms with Crippen LogP contribution in [-0.4, -0.2) is 10.9 Å². The molecule has 17 heavy (non-hydrogen) atoms. The molecule has 92 valence electrons. The van der Waals surface area contributed by atoms with Gasteiger partial charge in [0.05, 0.1) is 0 Å². The second-order valence-electron chi connectivity index (χ2n) is 4.85. The number of pyridine rings is 1. The van der Waals surface area contributed by atoms with E-state index in [1.54, 1.807) is 6.20 Å². The Kier molecular flexibility index (Phi) is 4.13. The van der Waals surface area contributed by atoms with Gasteiger partial charge >= 0.3 is 0 Å². The van der Waals surface area contributed by atoms with Crippen LogP contribution in [0, 0.1) is 12.8 Å². The summed E-state index contributed by atoms with van der Waals surface area (Å²) >= 11 is 0. The van der Waals surface area contributed by atoms with Gasteiger partial charge in [0.25, 0.3) is 0 Å². The average Bonchev–Trinajstić information content (AvgIpc) is 2.61. The zero-order valence-corrected chi connectivity index (χ0v) is 10.4. The molecular weight excluding hydrogens is 212 g/mol. The van der Waals surface area contributed by atoms with E-state index in [1.165, 1.54) is 25.7 Å². The lowest BCUT2D eigenvalue weighted by atomic mass is 9.99. The highest BCUT2D eigenvalue weighted by Crippen LogP contribution is 2.24. The molecule has 1 aromatic rings. The van der Waals surface area contributed by atoms with E-state index in [-0.39, 0.29) is 11.8 Å². The quantitative estimate of drug-likeness (QED) is 0.795. The van der Waals surface area contributed by atoms with E-state index >= 15 is 0 Å². The smallest absolute Gasteiger partial charge is 0.228 e. The summed E-state index contributed by atoms with van der Waals surface area (Å²) in [6.45, 7) is 1.97. The molecule has 0 unspecified atom stereocenters. The molecule has 2 rings (SSSR count). The zero-order valence-electron chi connectivity index (χ0n) is 10.4. The number of carbonyl (C=O) groups is 1. The Morgan fingerprint density at radius 1 is 1.29 bits per heavy atom. The normalized spacial score (nSPS) is 17.5. The molecule has 0 spiro atoms. The second-order valence-corrected chi connectivity index (χ2v) is 4.85. The number of aromatic nitrogens is 1. The molecule has 0 aromatic carbocycles. The third-order valence-corrected chi connectivity index (χ3v) is 3.48. The molecule has 0 atom stereocenters. The van der Waals surface area contributed by atoms with Crippen molar-refractivity contribution in [2.24, 2.45) is 5.92 Å². The molecule has 3 heteroatoms. The maximum atomic E-state index is 12.1. The Morgan fingerprint density at radius 2 is 2.00 bits per heavy atom. The van der Waals surface area contributed by atoms with Gasteiger partial charge in [-0.15, -0.1) is 0 Å². The van der Waals surface area contributed by atoms with Crippen LogP contribution >= 0.6 is 0 Å². The van der Waals surface area contributed by atoms with Gasteiger partial charge in [-0.2, -0.15) is 0 Å². The number of carbonyl (C=O) groups excluding carboxylic acids is 1. The van der Waals surface area contributed by atoms with Crippen LogP contribution in [0.15, 0.2) is 18.3 Å². The molecule has 1 N–H and O–H groups in total. The first-order chi connectivity index (χ1) is 8.27. The van der Waals surface area contributed by atoms with Crippen molar-refractivity contribution in [3.63, 3.8) is 0 Å². The summed E-state index contributed by atoms with van der Waals surface area (Å²) < 4.78 is 0.